The average molecular weight is 287 g/mol. The molecule has 0 saturated heterocycles. The Labute approximate surface area is 122 Å². The van der Waals surface area contributed by atoms with Crippen molar-refractivity contribution >= 4 is 22.9 Å². The number of hydrogen-bond acceptors (Lipinski definition) is 4. The lowest BCUT2D eigenvalue weighted by Crippen LogP contribution is -2.42. The highest BCUT2D eigenvalue weighted by Gasteiger charge is 2.28. The highest BCUT2D eigenvalue weighted by Crippen LogP contribution is 2.26. The van der Waals surface area contributed by atoms with Gasteiger partial charge in [-0.3, -0.25) is 4.79 Å². The molecule has 1 aromatic heterocycles. The summed E-state index contributed by atoms with van der Waals surface area (Å²) >= 11 is 1.46. The quantitative estimate of drug-likeness (QED) is 0.809. The zero-order valence-electron chi connectivity index (χ0n) is 11.6. The third kappa shape index (κ3) is 2.29. The topological polar surface area (TPSA) is 36.4 Å². The van der Waals surface area contributed by atoms with Crippen LogP contribution in [-0.2, 0) is 6.54 Å². The lowest BCUT2D eigenvalue weighted by Gasteiger charge is -2.27. The van der Waals surface area contributed by atoms with Crippen molar-refractivity contribution in [3.8, 4) is 0 Å². The number of fused-ring (bicyclic) bond motifs is 1. The van der Waals surface area contributed by atoms with Crippen LogP contribution in [-0.4, -0.2) is 35.4 Å². The number of hydrogen-bond donors (Lipinski definition) is 0. The van der Waals surface area contributed by atoms with E-state index in [1.807, 2.05) is 22.4 Å². The molecule has 0 aliphatic carbocycles. The van der Waals surface area contributed by atoms with Crippen molar-refractivity contribution in [2.45, 2.75) is 19.5 Å². The highest BCUT2D eigenvalue weighted by atomic mass is 32.1. The lowest BCUT2D eigenvalue weighted by atomic mass is 10.1. The molecule has 1 aromatic carbocycles. The summed E-state index contributed by atoms with van der Waals surface area (Å²) < 4.78 is 0. The normalized spacial score (nSPS) is 18.6. The van der Waals surface area contributed by atoms with E-state index in [0.29, 0.717) is 12.2 Å². The maximum atomic E-state index is 12.6. The standard InChI is InChI=1S/C15H17N3OS/c1-11-7-17(2)14-6-4-3-5-12(14)8-18(11)15(19)13-9-20-10-16-13/h3-6,9-11H,7-8H2,1-2H3. The summed E-state index contributed by atoms with van der Waals surface area (Å²) in [6.07, 6.45) is 0. The second-order valence-electron chi connectivity index (χ2n) is 5.16. The van der Waals surface area contributed by atoms with Gasteiger partial charge in [0, 0.05) is 37.2 Å². The highest BCUT2D eigenvalue weighted by molar-refractivity contribution is 7.07. The largest absolute Gasteiger partial charge is 0.372 e. The molecule has 1 aliphatic rings. The molecule has 1 amide bonds. The van der Waals surface area contributed by atoms with Crippen LogP contribution in [0.25, 0.3) is 0 Å². The summed E-state index contributed by atoms with van der Waals surface area (Å²) in [5.74, 6) is 0.0175. The number of nitrogens with zero attached hydrogens (tertiary/aromatic N) is 3. The Morgan fingerprint density at radius 3 is 2.95 bits per heavy atom. The zero-order valence-corrected chi connectivity index (χ0v) is 12.4. The van der Waals surface area contributed by atoms with Crippen LogP contribution in [0.1, 0.15) is 23.0 Å². The number of carbonyl (C=O) groups excluding carboxylic acids is 1. The molecule has 0 N–H and O–H groups in total. The Morgan fingerprint density at radius 1 is 1.40 bits per heavy atom. The molecule has 3 rings (SSSR count). The molecule has 2 aromatic rings. The van der Waals surface area contributed by atoms with Gasteiger partial charge in [-0.15, -0.1) is 11.3 Å². The predicted octanol–water partition coefficient (Wildman–Crippen LogP) is 2.62. The van der Waals surface area contributed by atoms with E-state index >= 15 is 0 Å². The first-order valence-corrected chi connectivity index (χ1v) is 7.59. The number of carbonyl (C=O) groups is 1. The van der Waals surface area contributed by atoms with Crippen molar-refractivity contribution < 1.29 is 4.79 Å². The van der Waals surface area contributed by atoms with Crippen LogP contribution in [0, 0.1) is 0 Å². The number of anilines is 1. The fraction of sp³-hybridized carbons (Fsp3) is 0.333. The first kappa shape index (κ1) is 13.1. The van der Waals surface area contributed by atoms with Gasteiger partial charge >= 0.3 is 0 Å². The maximum Gasteiger partial charge on any atom is 0.273 e. The van der Waals surface area contributed by atoms with E-state index in [1.165, 1.54) is 22.6 Å². The van der Waals surface area contributed by atoms with Crippen LogP contribution >= 0.6 is 11.3 Å². The monoisotopic (exact) mass is 287 g/mol. The SMILES string of the molecule is CC1CN(C)c2ccccc2CN1C(=O)c1cscn1. The molecule has 1 aliphatic heterocycles. The molecule has 1 atom stereocenters. The van der Waals surface area contributed by atoms with Gasteiger partial charge in [-0.1, -0.05) is 18.2 Å². The van der Waals surface area contributed by atoms with Crippen molar-refractivity contribution in [2.24, 2.45) is 0 Å². The van der Waals surface area contributed by atoms with Crippen molar-refractivity contribution in [1.29, 1.82) is 0 Å². The molecule has 5 heteroatoms. The minimum atomic E-state index is 0.0175. The summed E-state index contributed by atoms with van der Waals surface area (Å²) in [6.45, 7) is 3.55. The summed E-state index contributed by atoms with van der Waals surface area (Å²) in [4.78, 5) is 20.9. The van der Waals surface area contributed by atoms with E-state index in [2.05, 4.69) is 36.0 Å². The molecule has 2 heterocycles. The fourth-order valence-corrected chi connectivity index (χ4v) is 3.21. The number of benzene rings is 1. The second-order valence-corrected chi connectivity index (χ2v) is 5.88. The summed E-state index contributed by atoms with van der Waals surface area (Å²) in [5.41, 5.74) is 4.63. The second kappa shape index (κ2) is 5.25. The number of rotatable bonds is 1. The third-order valence-corrected chi connectivity index (χ3v) is 4.31. The molecule has 0 spiro atoms. The smallest absolute Gasteiger partial charge is 0.273 e. The van der Waals surface area contributed by atoms with Crippen LogP contribution < -0.4 is 4.90 Å². The van der Waals surface area contributed by atoms with Crippen LogP contribution in [0.3, 0.4) is 0 Å². The fourth-order valence-electron chi connectivity index (χ4n) is 2.69. The summed E-state index contributed by atoms with van der Waals surface area (Å²) in [5, 5.41) is 1.82. The molecule has 0 fully saturated rings. The first-order chi connectivity index (χ1) is 9.66. The van der Waals surface area contributed by atoms with Gasteiger partial charge in [0.15, 0.2) is 0 Å². The molecule has 1 unspecified atom stereocenters. The zero-order chi connectivity index (χ0) is 14.1. The van der Waals surface area contributed by atoms with Gasteiger partial charge in [-0.25, -0.2) is 4.98 Å². The van der Waals surface area contributed by atoms with Crippen LogP contribution in [0.15, 0.2) is 35.2 Å². The third-order valence-electron chi connectivity index (χ3n) is 3.73. The van der Waals surface area contributed by atoms with Gasteiger partial charge in [0.1, 0.15) is 5.69 Å². The van der Waals surface area contributed by atoms with E-state index in [1.54, 1.807) is 5.51 Å². The Morgan fingerprint density at radius 2 is 2.20 bits per heavy atom. The Balaban J connectivity index is 1.95. The first-order valence-electron chi connectivity index (χ1n) is 6.65. The van der Waals surface area contributed by atoms with Crippen molar-refractivity contribution in [1.82, 2.24) is 9.88 Å². The summed E-state index contributed by atoms with van der Waals surface area (Å²) in [6, 6.07) is 8.41. The van der Waals surface area contributed by atoms with Crippen LogP contribution in [0.4, 0.5) is 5.69 Å². The summed E-state index contributed by atoms with van der Waals surface area (Å²) in [7, 11) is 2.08. The van der Waals surface area contributed by atoms with Crippen LogP contribution in [0.2, 0.25) is 0 Å². The van der Waals surface area contributed by atoms with E-state index in [0.717, 1.165) is 6.54 Å². The molecule has 0 radical (unpaired) electrons. The van der Waals surface area contributed by atoms with Gasteiger partial charge < -0.3 is 9.80 Å². The number of likely N-dealkylation sites (N-methyl/N-ethyl adjacent to an activating group) is 1. The van der Waals surface area contributed by atoms with Gasteiger partial charge in [0.25, 0.3) is 5.91 Å². The molecule has 104 valence electrons. The van der Waals surface area contributed by atoms with Crippen molar-refractivity contribution in [2.75, 3.05) is 18.5 Å². The minimum Gasteiger partial charge on any atom is -0.372 e. The molecule has 0 saturated carbocycles. The molecular weight excluding hydrogens is 270 g/mol. The van der Waals surface area contributed by atoms with Crippen LogP contribution in [0.5, 0.6) is 0 Å². The minimum absolute atomic E-state index is 0.0175. The maximum absolute atomic E-state index is 12.6. The number of amides is 1. The van der Waals surface area contributed by atoms with E-state index < -0.39 is 0 Å². The molecule has 20 heavy (non-hydrogen) atoms. The predicted molar refractivity (Wildman–Crippen MR) is 81.2 cm³/mol. The molecule has 0 bridgehead atoms. The van der Waals surface area contributed by atoms with E-state index in [9.17, 15) is 4.79 Å². The Bertz CT molecular complexity index is 611. The van der Waals surface area contributed by atoms with Gasteiger partial charge in [0.2, 0.25) is 0 Å². The number of aromatic nitrogens is 1. The van der Waals surface area contributed by atoms with Gasteiger partial charge in [-0.05, 0) is 18.6 Å². The molecular formula is C15H17N3OS. The van der Waals surface area contributed by atoms with Crippen molar-refractivity contribution in [3.05, 3.63) is 46.4 Å². The Kier molecular flexibility index (Phi) is 3.44. The van der Waals surface area contributed by atoms with E-state index in [-0.39, 0.29) is 11.9 Å². The van der Waals surface area contributed by atoms with E-state index in [4.69, 9.17) is 0 Å². The van der Waals surface area contributed by atoms with Gasteiger partial charge in [-0.2, -0.15) is 0 Å². The number of para-hydroxylation sites is 1. The van der Waals surface area contributed by atoms with Gasteiger partial charge in [0.05, 0.1) is 5.51 Å². The lowest BCUT2D eigenvalue weighted by molar-refractivity contribution is 0.0682. The average Bonchev–Trinajstić information content (AvgIpc) is 2.94. The van der Waals surface area contributed by atoms with Crippen molar-refractivity contribution in [3.63, 3.8) is 0 Å². The molecule has 4 nitrogen and oxygen atoms in total. The number of thiazole rings is 1. The Hall–Kier alpha value is -1.88.